The van der Waals surface area contributed by atoms with Crippen molar-refractivity contribution in [2.24, 2.45) is 0 Å². The molecule has 1 amide bonds. The van der Waals surface area contributed by atoms with Crippen LogP contribution in [-0.4, -0.2) is 27.2 Å². The summed E-state index contributed by atoms with van der Waals surface area (Å²) < 4.78 is 17.8. The lowest BCUT2D eigenvalue weighted by Gasteiger charge is -2.11. The summed E-state index contributed by atoms with van der Waals surface area (Å²) in [6, 6.07) is 7.86. The van der Waals surface area contributed by atoms with Crippen molar-refractivity contribution in [3.8, 4) is 11.5 Å². The first-order valence-corrected chi connectivity index (χ1v) is 9.02. The fourth-order valence-electron chi connectivity index (χ4n) is 2.20. The highest BCUT2D eigenvalue weighted by atomic mass is 32.2. The minimum absolute atomic E-state index is 0.0236. The third-order valence-corrected chi connectivity index (χ3v) is 4.49. The molecule has 0 bridgehead atoms. The molecule has 1 aromatic carbocycles. The van der Waals surface area contributed by atoms with Gasteiger partial charge in [-0.15, -0.1) is 0 Å². The number of carbonyl (C=O) groups excluding carboxylic acids is 1. The standard InChI is InChI=1S/C17H22N2O3S/c1-11(2)18-16(20)10-23(21)9-15-13(4)22-17(19-15)14-8-6-5-7-12(14)3/h5-8,11H,9-10H2,1-4H3,(H,18,20). The van der Waals surface area contributed by atoms with Crippen LogP contribution in [0.5, 0.6) is 0 Å². The highest BCUT2D eigenvalue weighted by Crippen LogP contribution is 2.25. The number of benzene rings is 1. The summed E-state index contributed by atoms with van der Waals surface area (Å²) in [6.45, 7) is 7.53. The molecule has 5 nitrogen and oxygen atoms in total. The Morgan fingerprint density at radius 2 is 2.04 bits per heavy atom. The van der Waals surface area contributed by atoms with E-state index >= 15 is 0 Å². The Bertz CT molecular complexity index is 682. The zero-order chi connectivity index (χ0) is 17.0. The number of aromatic nitrogens is 1. The molecule has 2 rings (SSSR count). The Kier molecular flexibility index (Phi) is 5.85. The molecule has 0 saturated carbocycles. The van der Waals surface area contributed by atoms with Gasteiger partial charge in [0.25, 0.3) is 5.91 Å². The summed E-state index contributed by atoms with van der Waals surface area (Å²) >= 11 is -1.31. The average molecular weight is 334 g/mol. The van der Waals surface area contributed by atoms with Gasteiger partial charge in [0.05, 0.1) is 0 Å². The van der Waals surface area contributed by atoms with E-state index in [1.165, 1.54) is 0 Å². The summed E-state index contributed by atoms with van der Waals surface area (Å²) in [7, 11) is 0. The van der Waals surface area contributed by atoms with Crippen molar-refractivity contribution in [1.29, 1.82) is 0 Å². The molecule has 0 aliphatic rings. The van der Waals surface area contributed by atoms with Crippen LogP contribution in [0.4, 0.5) is 0 Å². The SMILES string of the molecule is Cc1ccccc1-c1nc(C[S+]([O-])CC(=O)NC(C)C)c(C)o1. The number of oxazole rings is 1. The van der Waals surface area contributed by atoms with Gasteiger partial charge in [0.15, 0.2) is 11.5 Å². The molecular weight excluding hydrogens is 312 g/mol. The molecule has 1 heterocycles. The van der Waals surface area contributed by atoms with Gasteiger partial charge in [-0.1, -0.05) is 18.2 Å². The average Bonchev–Trinajstić information content (AvgIpc) is 2.79. The normalized spacial score (nSPS) is 12.4. The zero-order valence-corrected chi connectivity index (χ0v) is 14.7. The molecule has 0 aliphatic carbocycles. The number of carbonyl (C=O) groups is 1. The lowest BCUT2D eigenvalue weighted by atomic mass is 10.1. The number of aryl methyl sites for hydroxylation is 2. The maximum absolute atomic E-state index is 12.1. The summed E-state index contributed by atoms with van der Waals surface area (Å²) in [5.74, 6) is 1.15. The molecule has 2 aromatic rings. The maximum atomic E-state index is 12.1. The van der Waals surface area contributed by atoms with Crippen molar-refractivity contribution < 1.29 is 13.8 Å². The van der Waals surface area contributed by atoms with Crippen molar-refractivity contribution in [2.75, 3.05) is 5.75 Å². The minimum atomic E-state index is -1.31. The molecule has 0 aliphatic heterocycles. The predicted molar refractivity (Wildman–Crippen MR) is 91.4 cm³/mol. The van der Waals surface area contributed by atoms with Crippen LogP contribution in [0.1, 0.15) is 30.9 Å². The Balaban J connectivity index is 2.07. The van der Waals surface area contributed by atoms with Crippen LogP contribution < -0.4 is 5.32 Å². The molecule has 0 saturated heterocycles. The first kappa shape index (κ1) is 17.6. The van der Waals surface area contributed by atoms with E-state index in [-0.39, 0.29) is 23.5 Å². The fraction of sp³-hybridized carbons (Fsp3) is 0.412. The number of nitrogens with zero attached hydrogens (tertiary/aromatic N) is 1. The first-order chi connectivity index (χ1) is 10.9. The van der Waals surface area contributed by atoms with Gasteiger partial charge in [-0.05, 0) is 50.5 Å². The van der Waals surface area contributed by atoms with Crippen molar-refractivity contribution in [2.45, 2.75) is 39.5 Å². The largest absolute Gasteiger partial charge is 0.616 e. The van der Waals surface area contributed by atoms with Gasteiger partial charge in [0.2, 0.25) is 5.89 Å². The highest BCUT2D eigenvalue weighted by Gasteiger charge is 2.20. The Labute approximate surface area is 139 Å². The molecule has 23 heavy (non-hydrogen) atoms. The summed E-state index contributed by atoms with van der Waals surface area (Å²) in [5.41, 5.74) is 2.63. The fourth-order valence-corrected chi connectivity index (χ4v) is 3.25. The van der Waals surface area contributed by atoms with E-state index in [0.717, 1.165) is 11.1 Å². The lowest BCUT2D eigenvalue weighted by molar-refractivity contribution is -0.119. The van der Waals surface area contributed by atoms with E-state index in [0.29, 0.717) is 17.3 Å². The van der Waals surface area contributed by atoms with Gasteiger partial charge in [-0.3, -0.25) is 4.79 Å². The molecule has 1 aromatic heterocycles. The first-order valence-electron chi connectivity index (χ1n) is 7.53. The Morgan fingerprint density at radius 3 is 2.70 bits per heavy atom. The van der Waals surface area contributed by atoms with Crippen LogP contribution in [0, 0.1) is 13.8 Å². The molecule has 1 N–H and O–H groups in total. The molecule has 0 spiro atoms. The van der Waals surface area contributed by atoms with E-state index in [1.54, 1.807) is 6.92 Å². The Hall–Kier alpha value is -1.79. The van der Waals surface area contributed by atoms with E-state index in [4.69, 9.17) is 4.42 Å². The van der Waals surface area contributed by atoms with Gasteiger partial charge in [0.1, 0.15) is 11.5 Å². The van der Waals surface area contributed by atoms with E-state index in [1.807, 2.05) is 45.0 Å². The van der Waals surface area contributed by atoms with Crippen molar-refractivity contribution in [3.05, 3.63) is 41.3 Å². The third-order valence-electron chi connectivity index (χ3n) is 3.31. The highest BCUT2D eigenvalue weighted by molar-refractivity contribution is 7.91. The summed E-state index contributed by atoms with van der Waals surface area (Å²) in [6.07, 6.45) is 0. The van der Waals surface area contributed by atoms with Crippen LogP contribution in [0.15, 0.2) is 28.7 Å². The van der Waals surface area contributed by atoms with E-state index in [2.05, 4.69) is 10.3 Å². The Morgan fingerprint density at radius 1 is 1.35 bits per heavy atom. The second-order valence-electron chi connectivity index (χ2n) is 5.79. The van der Waals surface area contributed by atoms with Gasteiger partial charge in [-0.2, -0.15) is 0 Å². The van der Waals surface area contributed by atoms with Gasteiger partial charge >= 0.3 is 0 Å². The number of nitrogens with one attached hydrogen (secondary N) is 1. The van der Waals surface area contributed by atoms with Gasteiger partial charge in [0, 0.05) is 11.6 Å². The van der Waals surface area contributed by atoms with Crippen LogP contribution in [0.3, 0.4) is 0 Å². The van der Waals surface area contributed by atoms with Gasteiger partial charge in [-0.25, -0.2) is 4.98 Å². The second kappa shape index (κ2) is 7.66. The minimum Gasteiger partial charge on any atom is -0.616 e. The van der Waals surface area contributed by atoms with Crippen molar-refractivity contribution in [3.63, 3.8) is 0 Å². The van der Waals surface area contributed by atoms with Crippen LogP contribution in [0.2, 0.25) is 0 Å². The lowest BCUT2D eigenvalue weighted by Crippen LogP contribution is -2.35. The van der Waals surface area contributed by atoms with E-state index in [9.17, 15) is 9.35 Å². The van der Waals surface area contributed by atoms with Crippen molar-refractivity contribution >= 4 is 17.1 Å². The molecule has 1 atom stereocenters. The van der Waals surface area contributed by atoms with Crippen LogP contribution in [0.25, 0.3) is 11.5 Å². The number of hydrogen-bond acceptors (Lipinski definition) is 4. The number of hydrogen-bond donors (Lipinski definition) is 1. The van der Waals surface area contributed by atoms with Crippen molar-refractivity contribution in [1.82, 2.24) is 10.3 Å². The third kappa shape index (κ3) is 4.84. The van der Waals surface area contributed by atoms with Gasteiger partial charge < -0.3 is 14.3 Å². The maximum Gasteiger partial charge on any atom is 0.270 e. The topological polar surface area (TPSA) is 78.2 Å². The molecule has 6 heteroatoms. The van der Waals surface area contributed by atoms with Crippen LogP contribution in [-0.2, 0) is 21.7 Å². The van der Waals surface area contributed by atoms with Crippen LogP contribution >= 0.6 is 0 Å². The second-order valence-corrected chi connectivity index (χ2v) is 7.24. The molecule has 0 fully saturated rings. The zero-order valence-electron chi connectivity index (χ0n) is 13.9. The monoisotopic (exact) mass is 334 g/mol. The predicted octanol–water partition coefficient (Wildman–Crippen LogP) is 2.73. The number of amides is 1. The van der Waals surface area contributed by atoms with E-state index < -0.39 is 11.2 Å². The molecule has 0 radical (unpaired) electrons. The summed E-state index contributed by atoms with van der Waals surface area (Å²) in [4.78, 5) is 16.1. The number of rotatable bonds is 6. The smallest absolute Gasteiger partial charge is 0.270 e. The summed E-state index contributed by atoms with van der Waals surface area (Å²) in [5, 5.41) is 2.74. The molecular formula is C17H22N2O3S. The quantitative estimate of drug-likeness (QED) is 0.824. The molecule has 1 unspecified atom stereocenters. The molecule has 124 valence electrons.